The lowest BCUT2D eigenvalue weighted by molar-refractivity contribution is 0.533. The molecule has 0 aliphatic carbocycles. The lowest BCUT2D eigenvalue weighted by Crippen LogP contribution is -2.32. The molecule has 0 aliphatic rings. The Labute approximate surface area is 113 Å². The zero-order valence-electron chi connectivity index (χ0n) is 10.7. The van der Waals surface area contributed by atoms with Gasteiger partial charge < -0.3 is 10.6 Å². The highest BCUT2D eigenvalue weighted by atomic mass is 32.1. The average molecular weight is 274 g/mol. The number of thiocarbonyl (C=S) groups is 2. The van der Waals surface area contributed by atoms with Gasteiger partial charge in [0.25, 0.3) is 0 Å². The maximum atomic E-state index is 5.01. The van der Waals surface area contributed by atoms with Crippen molar-refractivity contribution in [2.45, 2.75) is 6.92 Å². The molecule has 0 saturated heterocycles. The Hall–Kier alpha value is -1.28. The number of hydrogen-bond donors (Lipinski definition) is 2. The molecule has 0 unspecified atom stereocenters. The third-order valence-electron chi connectivity index (χ3n) is 1.74. The van der Waals surface area contributed by atoms with Crippen LogP contribution in [0.15, 0.2) is 10.2 Å². The fourth-order valence-electron chi connectivity index (χ4n) is 0.854. The van der Waals surface area contributed by atoms with Crippen LogP contribution in [0.3, 0.4) is 0 Å². The van der Waals surface area contributed by atoms with E-state index < -0.39 is 0 Å². The van der Waals surface area contributed by atoms with Crippen LogP contribution < -0.4 is 10.6 Å². The second-order valence-electron chi connectivity index (χ2n) is 3.14. The Bertz CT molecular complexity index is 338. The minimum atomic E-state index is 0.535. The first-order valence-corrected chi connectivity index (χ1v) is 5.74. The molecule has 0 rings (SSSR count). The predicted molar refractivity (Wildman–Crippen MR) is 80.4 cm³/mol. The number of nitrogens with zero attached hydrogens (tertiary/aromatic N) is 4. The van der Waals surface area contributed by atoms with E-state index in [1.807, 2.05) is 6.92 Å². The van der Waals surface area contributed by atoms with E-state index in [9.17, 15) is 0 Å². The quantitative estimate of drug-likeness (QED) is 0.436. The van der Waals surface area contributed by atoms with Gasteiger partial charge in [-0.2, -0.15) is 10.2 Å². The van der Waals surface area contributed by atoms with Crippen LogP contribution in [0.5, 0.6) is 0 Å². The summed E-state index contributed by atoms with van der Waals surface area (Å²) in [6, 6.07) is 0. The molecule has 0 heterocycles. The second kappa shape index (κ2) is 7.91. The highest BCUT2D eigenvalue weighted by molar-refractivity contribution is 7.80. The summed E-state index contributed by atoms with van der Waals surface area (Å²) in [5, 5.41) is 18.2. The summed E-state index contributed by atoms with van der Waals surface area (Å²) in [7, 11) is 7.01. The smallest absolute Gasteiger partial charge is 0.189 e. The third kappa shape index (κ3) is 6.12. The van der Waals surface area contributed by atoms with Crippen molar-refractivity contribution in [1.29, 1.82) is 0 Å². The van der Waals surface area contributed by atoms with E-state index in [0.29, 0.717) is 10.2 Å². The standard InChI is InChI=1S/C9H18N6S2/c1-7(13-15(5)9(17)11-3)6-12-14(4)8(16)10-2/h6H,1-5H3,(H,10,16)(H,11,17)/b12-6-,13-7+. The van der Waals surface area contributed by atoms with E-state index in [1.54, 1.807) is 44.4 Å². The van der Waals surface area contributed by atoms with Gasteiger partial charge in [-0.25, -0.2) is 10.0 Å². The van der Waals surface area contributed by atoms with Gasteiger partial charge in [0.15, 0.2) is 10.2 Å². The fourth-order valence-corrected chi connectivity index (χ4v) is 0.942. The van der Waals surface area contributed by atoms with E-state index in [-0.39, 0.29) is 0 Å². The first kappa shape index (κ1) is 15.7. The molecule has 0 aromatic rings. The van der Waals surface area contributed by atoms with Crippen LogP contribution in [-0.2, 0) is 0 Å². The van der Waals surface area contributed by atoms with E-state index in [1.165, 1.54) is 0 Å². The van der Waals surface area contributed by atoms with Crippen LogP contribution in [0.2, 0.25) is 0 Å². The average Bonchev–Trinajstić information content (AvgIpc) is 2.33. The van der Waals surface area contributed by atoms with E-state index in [2.05, 4.69) is 20.8 Å². The largest absolute Gasteiger partial charge is 0.364 e. The van der Waals surface area contributed by atoms with Gasteiger partial charge in [-0.15, -0.1) is 0 Å². The van der Waals surface area contributed by atoms with Crippen LogP contribution in [0.1, 0.15) is 6.92 Å². The molecule has 2 N–H and O–H groups in total. The molecule has 0 aromatic heterocycles. The molecule has 0 bridgehead atoms. The van der Waals surface area contributed by atoms with Crippen LogP contribution >= 0.6 is 24.4 Å². The minimum absolute atomic E-state index is 0.535. The zero-order valence-corrected chi connectivity index (χ0v) is 12.3. The molecule has 0 amide bonds. The maximum Gasteiger partial charge on any atom is 0.189 e. The summed E-state index contributed by atoms with van der Waals surface area (Å²) in [6.07, 6.45) is 1.61. The molecular weight excluding hydrogens is 256 g/mol. The molecule has 6 nitrogen and oxygen atoms in total. The molecule has 0 fully saturated rings. The first-order valence-electron chi connectivity index (χ1n) is 4.92. The normalized spacial score (nSPS) is 11.2. The van der Waals surface area contributed by atoms with Gasteiger partial charge in [-0.1, -0.05) is 0 Å². The molecule has 0 atom stereocenters. The molecule has 8 heteroatoms. The molecule has 0 radical (unpaired) electrons. The van der Waals surface area contributed by atoms with Gasteiger partial charge >= 0.3 is 0 Å². The van der Waals surface area contributed by atoms with Crippen molar-refractivity contribution < 1.29 is 0 Å². The van der Waals surface area contributed by atoms with Gasteiger partial charge in [0.1, 0.15) is 0 Å². The number of rotatable bonds is 3. The van der Waals surface area contributed by atoms with Crippen molar-refractivity contribution in [3.8, 4) is 0 Å². The molecular formula is C9H18N6S2. The lowest BCUT2D eigenvalue weighted by Gasteiger charge is -2.14. The lowest BCUT2D eigenvalue weighted by atomic mass is 10.5. The topological polar surface area (TPSA) is 55.3 Å². The van der Waals surface area contributed by atoms with Gasteiger partial charge in [0.05, 0.1) is 11.9 Å². The van der Waals surface area contributed by atoms with Crippen molar-refractivity contribution >= 4 is 46.6 Å². The van der Waals surface area contributed by atoms with Crippen LogP contribution in [0.4, 0.5) is 0 Å². The van der Waals surface area contributed by atoms with Crippen molar-refractivity contribution in [2.24, 2.45) is 10.2 Å². The van der Waals surface area contributed by atoms with Gasteiger partial charge in [0.2, 0.25) is 0 Å². The Morgan fingerprint density at radius 3 is 2.00 bits per heavy atom. The third-order valence-corrected chi connectivity index (χ3v) is 2.68. The summed E-state index contributed by atoms with van der Waals surface area (Å²) in [5.74, 6) is 0. The summed E-state index contributed by atoms with van der Waals surface area (Å²) in [6.45, 7) is 1.83. The highest BCUT2D eigenvalue weighted by Crippen LogP contribution is 1.89. The SMILES string of the molecule is CNC(=S)N(C)/N=C\C(C)=N\N(C)C(=S)NC. The molecule has 96 valence electrons. The summed E-state index contributed by atoms with van der Waals surface area (Å²) in [4.78, 5) is 0. The van der Waals surface area contributed by atoms with Crippen molar-refractivity contribution in [3.63, 3.8) is 0 Å². The number of hydrazone groups is 2. The monoisotopic (exact) mass is 274 g/mol. The minimum Gasteiger partial charge on any atom is -0.364 e. The van der Waals surface area contributed by atoms with Crippen LogP contribution in [0, 0.1) is 0 Å². The summed E-state index contributed by atoms with van der Waals surface area (Å²) < 4.78 is 0. The number of hydrogen-bond acceptors (Lipinski definition) is 4. The highest BCUT2D eigenvalue weighted by Gasteiger charge is 2.00. The van der Waals surface area contributed by atoms with Crippen molar-refractivity contribution in [2.75, 3.05) is 28.2 Å². The number of nitrogens with one attached hydrogen (secondary N) is 2. The van der Waals surface area contributed by atoms with E-state index in [0.717, 1.165) is 5.71 Å². The fraction of sp³-hybridized carbons (Fsp3) is 0.556. The molecule has 0 aliphatic heterocycles. The Morgan fingerprint density at radius 2 is 1.53 bits per heavy atom. The summed E-state index contributed by atoms with van der Waals surface area (Å²) in [5.41, 5.74) is 0.718. The van der Waals surface area contributed by atoms with Crippen LogP contribution in [-0.4, -0.2) is 60.4 Å². The maximum absolute atomic E-state index is 5.01. The van der Waals surface area contributed by atoms with Crippen molar-refractivity contribution in [3.05, 3.63) is 0 Å². The molecule has 17 heavy (non-hydrogen) atoms. The van der Waals surface area contributed by atoms with E-state index in [4.69, 9.17) is 24.4 Å². The van der Waals surface area contributed by atoms with Crippen molar-refractivity contribution in [1.82, 2.24) is 20.7 Å². The molecule has 0 saturated carbocycles. The Balaban J connectivity index is 4.48. The second-order valence-corrected chi connectivity index (χ2v) is 3.92. The Kier molecular flexibility index (Phi) is 7.31. The Morgan fingerprint density at radius 1 is 1.06 bits per heavy atom. The molecule has 0 spiro atoms. The summed E-state index contributed by atoms with van der Waals surface area (Å²) >= 11 is 10.0. The van der Waals surface area contributed by atoms with Gasteiger partial charge in [-0.05, 0) is 31.4 Å². The van der Waals surface area contributed by atoms with Gasteiger partial charge in [-0.3, -0.25) is 0 Å². The zero-order chi connectivity index (χ0) is 13.4. The van der Waals surface area contributed by atoms with Gasteiger partial charge in [0, 0.05) is 28.2 Å². The van der Waals surface area contributed by atoms with Crippen LogP contribution in [0.25, 0.3) is 0 Å². The first-order chi connectivity index (χ1) is 7.92. The molecule has 0 aromatic carbocycles. The van der Waals surface area contributed by atoms with E-state index >= 15 is 0 Å². The predicted octanol–water partition coefficient (Wildman–Crippen LogP) is 0.220.